The number of hydrogen-bond acceptors (Lipinski definition) is 4. The van der Waals surface area contributed by atoms with Gasteiger partial charge in [0.05, 0.1) is 5.75 Å². The average Bonchev–Trinajstić information content (AvgIpc) is 2.61. The van der Waals surface area contributed by atoms with Crippen LogP contribution < -0.4 is 0 Å². The van der Waals surface area contributed by atoms with Crippen LogP contribution >= 0.6 is 0 Å². The second-order valence-electron chi connectivity index (χ2n) is 6.03. The Morgan fingerprint density at radius 1 is 1.21 bits per heavy atom. The number of carbonyl (C=O) groups excluding carboxylic acids is 1. The number of nitrogens with zero attached hydrogens (tertiary/aromatic N) is 1. The van der Waals surface area contributed by atoms with E-state index in [1.165, 1.54) is 12.8 Å². The Bertz CT molecular complexity index is 418. The van der Waals surface area contributed by atoms with E-state index in [9.17, 15) is 13.2 Å². The van der Waals surface area contributed by atoms with Gasteiger partial charge in [-0.25, -0.2) is 8.42 Å². The Morgan fingerprint density at radius 3 is 2.32 bits per heavy atom. The largest absolute Gasteiger partial charge is 0.300 e. The van der Waals surface area contributed by atoms with Crippen LogP contribution in [0.1, 0.15) is 45.4 Å². The van der Waals surface area contributed by atoms with Crippen LogP contribution in [-0.4, -0.2) is 49.7 Å². The molecule has 2 rings (SSSR count). The first kappa shape index (κ1) is 15.0. The molecule has 0 aromatic heterocycles. The molecule has 4 nitrogen and oxygen atoms in total. The molecular weight excluding hydrogens is 262 g/mol. The van der Waals surface area contributed by atoms with E-state index in [2.05, 4.69) is 11.9 Å². The fraction of sp³-hybridized carbons (Fsp3) is 0.929. The average molecular weight is 287 g/mol. The SMILES string of the molecule is CCS(=O)(=O)CCCC(=O)C1CC2CCC(C1)N2C. The van der Waals surface area contributed by atoms with Crippen LogP contribution in [0, 0.1) is 5.92 Å². The van der Waals surface area contributed by atoms with Crippen molar-refractivity contribution < 1.29 is 13.2 Å². The highest BCUT2D eigenvalue weighted by atomic mass is 32.2. The number of Topliss-reactive ketones (excluding diaryl/α,β-unsaturated/α-hetero) is 1. The first-order chi connectivity index (χ1) is 8.93. The van der Waals surface area contributed by atoms with Crippen molar-refractivity contribution in [1.82, 2.24) is 4.90 Å². The second-order valence-corrected chi connectivity index (χ2v) is 8.50. The molecule has 5 heteroatoms. The summed E-state index contributed by atoms with van der Waals surface area (Å²) >= 11 is 0. The molecule has 0 N–H and O–H groups in total. The maximum absolute atomic E-state index is 12.2. The van der Waals surface area contributed by atoms with Crippen molar-refractivity contribution in [2.45, 2.75) is 57.5 Å². The van der Waals surface area contributed by atoms with Crippen LogP contribution in [0.3, 0.4) is 0 Å². The third-order valence-corrected chi connectivity index (χ3v) is 6.66. The fourth-order valence-corrected chi connectivity index (χ4v) is 4.36. The fourth-order valence-electron chi connectivity index (χ4n) is 3.49. The van der Waals surface area contributed by atoms with Crippen LogP contribution in [0.5, 0.6) is 0 Å². The molecule has 0 radical (unpaired) electrons. The van der Waals surface area contributed by atoms with Gasteiger partial charge in [0.25, 0.3) is 0 Å². The van der Waals surface area contributed by atoms with Crippen molar-refractivity contribution in [3.05, 3.63) is 0 Å². The molecule has 2 bridgehead atoms. The van der Waals surface area contributed by atoms with Gasteiger partial charge in [-0.05, 0) is 39.2 Å². The van der Waals surface area contributed by atoms with Gasteiger partial charge in [0.15, 0.2) is 0 Å². The van der Waals surface area contributed by atoms with Gasteiger partial charge in [-0.3, -0.25) is 4.79 Å². The molecule has 0 spiro atoms. The molecule has 0 aromatic carbocycles. The van der Waals surface area contributed by atoms with Gasteiger partial charge in [-0.15, -0.1) is 0 Å². The third kappa shape index (κ3) is 3.57. The second kappa shape index (κ2) is 5.92. The van der Waals surface area contributed by atoms with Crippen LogP contribution in [0.15, 0.2) is 0 Å². The first-order valence-electron chi connectivity index (χ1n) is 7.38. The standard InChI is InChI=1S/C14H25NO3S/c1-3-19(17,18)8-4-5-14(16)11-9-12-6-7-13(10-11)15(12)2/h11-13H,3-10H2,1-2H3. The molecule has 2 atom stereocenters. The van der Waals surface area contributed by atoms with Gasteiger partial charge in [-0.2, -0.15) is 0 Å². The van der Waals surface area contributed by atoms with Gasteiger partial charge in [0.2, 0.25) is 0 Å². The Hall–Kier alpha value is -0.420. The zero-order chi connectivity index (χ0) is 14.0. The molecule has 2 saturated heterocycles. The topological polar surface area (TPSA) is 54.5 Å². The number of hydrogen-bond donors (Lipinski definition) is 0. The van der Waals surface area contributed by atoms with E-state index in [0.717, 1.165) is 12.8 Å². The Kier molecular flexibility index (Phi) is 4.66. The zero-order valence-corrected chi connectivity index (χ0v) is 12.8. The van der Waals surface area contributed by atoms with Crippen LogP contribution in [0.4, 0.5) is 0 Å². The van der Waals surface area contributed by atoms with Gasteiger partial charge in [-0.1, -0.05) is 6.92 Å². The summed E-state index contributed by atoms with van der Waals surface area (Å²) in [6.07, 6.45) is 5.33. The number of piperidine rings is 1. The van der Waals surface area contributed by atoms with Gasteiger partial charge in [0, 0.05) is 30.2 Å². The molecule has 2 fully saturated rings. The lowest BCUT2D eigenvalue weighted by Gasteiger charge is -2.35. The number of fused-ring (bicyclic) bond motifs is 2. The van der Waals surface area contributed by atoms with Crippen LogP contribution in [-0.2, 0) is 14.6 Å². The minimum atomic E-state index is -2.92. The van der Waals surface area contributed by atoms with E-state index in [0.29, 0.717) is 24.9 Å². The number of rotatable bonds is 6. The van der Waals surface area contributed by atoms with E-state index in [1.807, 2.05) is 0 Å². The molecule has 110 valence electrons. The lowest BCUT2D eigenvalue weighted by atomic mass is 9.86. The van der Waals surface area contributed by atoms with Crippen molar-refractivity contribution in [3.8, 4) is 0 Å². The minimum absolute atomic E-state index is 0.161. The van der Waals surface area contributed by atoms with E-state index in [-0.39, 0.29) is 23.2 Å². The third-order valence-electron chi connectivity index (χ3n) is 4.87. The summed E-state index contributed by atoms with van der Waals surface area (Å²) in [6.45, 7) is 1.66. The maximum Gasteiger partial charge on any atom is 0.150 e. The number of ketones is 1. The summed E-state index contributed by atoms with van der Waals surface area (Å²) in [5, 5.41) is 0. The number of carbonyl (C=O) groups is 1. The molecule has 0 aromatic rings. The molecule has 19 heavy (non-hydrogen) atoms. The molecule has 2 unspecified atom stereocenters. The first-order valence-corrected chi connectivity index (χ1v) is 9.20. The molecule has 0 amide bonds. The monoisotopic (exact) mass is 287 g/mol. The van der Waals surface area contributed by atoms with Crippen molar-refractivity contribution in [3.63, 3.8) is 0 Å². The molecule has 0 aliphatic carbocycles. The van der Waals surface area contributed by atoms with Crippen molar-refractivity contribution in [2.24, 2.45) is 5.92 Å². The lowest BCUT2D eigenvalue weighted by Crippen LogP contribution is -2.42. The molecule has 2 heterocycles. The van der Waals surface area contributed by atoms with E-state index < -0.39 is 9.84 Å². The van der Waals surface area contributed by atoms with Crippen molar-refractivity contribution in [1.29, 1.82) is 0 Å². The van der Waals surface area contributed by atoms with Crippen molar-refractivity contribution >= 4 is 15.6 Å². The van der Waals surface area contributed by atoms with Gasteiger partial charge < -0.3 is 4.90 Å². The summed E-state index contributed by atoms with van der Waals surface area (Å²) in [7, 11) is -0.761. The Morgan fingerprint density at radius 2 is 1.79 bits per heavy atom. The Labute approximate surface area is 116 Å². The molecule has 2 aliphatic heterocycles. The molecule has 2 aliphatic rings. The van der Waals surface area contributed by atoms with Crippen molar-refractivity contribution in [2.75, 3.05) is 18.6 Å². The summed E-state index contributed by atoms with van der Waals surface area (Å²) in [6, 6.07) is 1.15. The highest BCUT2D eigenvalue weighted by molar-refractivity contribution is 7.91. The van der Waals surface area contributed by atoms with Gasteiger partial charge >= 0.3 is 0 Å². The van der Waals surface area contributed by atoms with Gasteiger partial charge in [0.1, 0.15) is 15.6 Å². The minimum Gasteiger partial charge on any atom is -0.300 e. The maximum atomic E-state index is 12.2. The number of sulfone groups is 1. The summed E-state index contributed by atoms with van der Waals surface area (Å²) in [5.41, 5.74) is 0. The summed E-state index contributed by atoms with van der Waals surface area (Å²) in [4.78, 5) is 14.6. The highest BCUT2D eigenvalue weighted by Crippen LogP contribution is 2.38. The Balaban J connectivity index is 1.79. The summed E-state index contributed by atoms with van der Waals surface area (Å²) < 4.78 is 22.8. The predicted octanol–water partition coefficient (Wildman–Crippen LogP) is 1.64. The van der Waals surface area contributed by atoms with E-state index in [1.54, 1.807) is 6.92 Å². The highest BCUT2D eigenvalue weighted by Gasteiger charge is 2.40. The quantitative estimate of drug-likeness (QED) is 0.745. The zero-order valence-electron chi connectivity index (χ0n) is 12.0. The summed E-state index contributed by atoms with van der Waals surface area (Å²) in [5.74, 6) is 0.809. The molecule has 0 saturated carbocycles. The normalized spacial score (nSPS) is 31.6. The van der Waals surface area contributed by atoms with E-state index >= 15 is 0 Å². The van der Waals surface area contributed by atoms with Crippen LogP contribution in [0.25, 0.3) is 0 Å². The molecular formula is C14H25NO3S. The van der Waals surface area contributed by atoms with Crippen LogP contribution in [0.2, 0.25) is 0 Å². The van der Waals surface area contributed by atoms with E-state index in [4.69, 9.17) is 0 Å². The smallest absolute Gasteiger partial charge is 0.150 e. The lowest BCUT2D eigenvalue weighted by molar-refractivity contribution is -0.125. The predicted molar refractivity (Wildman–Crippen MR) is 75.9 cm³/mol.